The molecule has 2 heterocycles. The molecule has 0 fully saturated rings. The summed E-state index contributed by atoms with van der Waals surface area (Å²) in [7, 11) is 0. The molecule has 2 rings (SSSR count). The van der Waals surface area contributed by atoms with Crippen LogP contribution in [0.4, 0.5) is 0 Å². The molecule has 0 spiro atoms. The van der Waals surface area contributed by atoms with Gasteiger partial charge < -0.3 is 10.3 Å². The predicted octanol–water partition coefficient (Wildman–Crippen LogP) is 1.72. The molecule has 0 amide bonds. The predicted molar refractivity (Wildman–Crippen MR) is 64.3 cm³/mol. The average Bonchev–Trinajstić information content (AvgIpc) is 2.78. The molecule has 0 aromatic carbocycles. The summed E-state index contributed by atoms with van der Waals surface area (Å²) in [6.45, 7) is 2.70. The van der Waals surface area contributed by atoms with Crippen LogP contribution in [0.15, 0.2) is 22.9 Å². The van der Waals surface area contributed by atoms with Gasteiger partial charge in [-0.15, -0.1) is 0 Å². The van der Waals surface area contributed by atoms with Crippen molar-refractivity contribution in [2.24, 2.45) is 5.73 Å². The van der Waals surface area contributed by atoms with E-state index in [-0.39, 0.29) is 0 Å². The smallest absolute Gasteiger partial charge is 0.227 e. The van der Waals surface area contributed by atoms with Gasteiger partial charge in [0.05, 0.1) is 0 Å². The third-order valence-electron chi connectivity index (χ3n) is 2.46. The number of unbranched alkanes of at least 4 members (excludes halogenated alkanes) is 1. The quantitative estimate of drug-likeness (QED) is 0.794. The second kappa shape index (κ2) is 5.54. The van der Waals surface area contributed by atoms with E-state index in [4.69, 9.17) is 10.3 Å². The molecular formula is C12H16N4O. The lowest BCUT2D eigenvalue weighted by Crippen LogP contribution is -1.99. The van der Waals surface area contributed by atoms with Crippen LogP contribution in [0.5, 0.6) is 0 Å². The highest BCUT2D eigenvalue weighted by molar-refractivity contribution is 5.48. The highest BCUT2D eigenvalue weighted by atomic mass is 16.5. The molecule has 0 aliphatic rings. The first kappa shape index (κ1) is 11.7. The Morgan fingerprint density at radius 2 is 2.24 bits per heavy atom. The van der Waals surface area contributed by atoms with Crippen molar-refractivity contribution in [1.82, 2.24) is 15.1 Å². The molecule has 0 unspecified atom stereocenters. The number of hydrogen-bond acceptors (Lipinski definition) is 5. The Kier molecular flexibility index (Phi) is 3.82. The average molecular weight is 232 g/mol. The number of nitrogens with zero attached hydrogens (tertiary/aromatic N) is 3. The maximum Gasteiger partial charge on any atom is 0.227 e. The lowest BCUT2D eigenvalue weighted by Gasteiger charge is -1.94. The lowest BCUT2D eigenvalue weighted by atomic mass is 10.2. The standard InChI is InChI=1S/C12H16N4O/c1-9-5-7-14-10(8-9)12-15-11(17-16-12)4-2-3-6-13/h5,7-8H,2-4,6,13H2,1H3. The van der Waals surface area contributed by atoms with Crippen LogP contribution in [0.1, 0.15) is 24.3 Å². The molecule has 2 N–H and O–H groups in total. The van der Waals surface area contributed by atoms with Gasteiger partial charge in [-0.2, -0.15) is 4.98 Å². The minimum Gasteiger partial charge on any atom is -0.339 e. The normalized spacial score (nSPS) is 10.7. The Balaban J connectivity index is 2.07. The molecule has 5 nitrogen and oxygen atoms in total. The summed E-state index contributed by atoms with van der Waals surface area (Å²) in [5.41, 5.74) is 7.31. The number of aromatic nitrogens is 3. The highest BCUT2D eigenvalue weighted by Crippen LogP contribution is 2.14. The molecule has 0 saturated carbocycles. The molecular weight excluding hydrogens is 216 g/mol. The zero-order valence-electron chi connectivity index (χ0n) is 9.89. The second-order valence-electron chi connectivity index (χ2n) is 3.98. The fourth-order valence-corrected chi connectivity index (χ4v) is 1.54. The molecule has 0 aliphatic heterocycles. The minimum atomic E-state index is 0.552. The van der Waals surface area contributed by atoms with Crippen molar-refractivity contribution in [2.45, 2.75) is 26.2 Å². The van der Waals surface area contributed by atoms with E-state index in [9.17, 15) is 0 Å². The van der Waals surface area contributed by atoms with Crippen LogP contribution in [-0.2, 0) is 6.42 Å². The van der Waals surface area contributed by atoms with E-state index in [1.807, 2.05) is 19.1 Å². The fraction of sp³-hybridized carbons (Fsp3) is 0.417. The van der Waals surface area contributed by atoms with Gasteiger partial charge in [-0.25, -0.2) is 0 Å². The first-order valence-corrected chi connectivity index (χ1v) is 5.75. The molecule has 17 heavy (non-hydrogen) atoms. The molecule has 90 valence electrons. The van der Waals surface area contributed by atoms with Gasteiger partial charge in [0.1, 0.15) is 5.69 Å². The fourth-order valence-electron chi connectivity index (χ4n) is 1.54. The van der Waals surface area contributed by atoms with Gasteiger partial charge in [-0.3, -0.25) is 4.98 Å². The van der Waals surface area contributed by atoms with Crippen molar-refractivity contribution in [3.05, 3.63) is 29.8 Å². The van der Waals surface area contributed by atoms with E-state index < -0.39 is 0 Å². The Labute approximate surface area is 100 Å². The third-order valence-corrected chi connectivity index (χ3v) is 2.46. The van der Waals surface area contributed by atoms with Gasteiger partial charge in [-0.05, 0) is 44.0 Å². The van der Waals surface area contributed by atoms with Crippen LogP contribution in [0.3, 0.4) is 0 Å². The van der Waals surface area contributed by atoms with Gasteiger partial charge in [0.2, 0.25) is 11.7 Å². The molecule has 2 aromatic heterocycles. The van der Waals surface area contributed by atoms with E-state index >= 15 is 0 Å². The number of aryl methyl sites for hydroxylation is 2. The SMILES string of the molecule is Cc1ccnc(-c2noc(CCCCN)n2)c1. The zero-order chi connectivity index (χ0) is 12.1. The largest absolute Gasteiger partial charge is 0.339 e. The van der Waals surface area contributed by atoms with Crippen LogP contribution in [-0.4, -0.2) is 21.7 Å². The summed E-state index contributed by atoms with van der Waals surface area (Å²) in [6, 6.07) is 3.88. The summed E-state index contributed by atoms with van der Waals surface area (Å²) in [6.07, 6.45) is 4.46. The van der Waals surface area contributed by atoms with Crippen molar-refractivity contribution >= 4 is 0 Å². The van der Waals surface area contributed by atoms with Crippen molar-refractivity contribution in [2.75, 3.05) is 6.54 Å². The maximum atomic E-state index is 5.43. The summed E-state index contributed by atoms with van der Waals surface area (Å²) in [5, 5.41) is 3.93. The molecule has 0 saturated heterocycles. The third kappa shape index (κ3) is 3.10. The maximum absolute atomic E-state index is 5.43. The van der Waals surface area contributed by atoms with Gasteiger partial charge in [-0.1, -0.05) is 5.16 Å². The highest BCUT2D eigenvalue weighted by Gasteiger charge is 2.09. The van der Waals surface area contributed by atoms with Crippen LogP contribution in [0.25, 0.3) is 11.5 Å². The Bertz CT molecular complexity index is 481. The minimum absolute atomic E-state index is 0.552. The number of hydrogen-bond donors (Lipinski definition) is 1. The van der Waals surface area contributed by atoms with Crippen LogP contribution in [0.2, 0.25) is 0 Å². The number of rotatable bonds is 5. The summed E-state index contributed by atoms with van der Waals surface area (Å²) in [5.74, 6) is 1.20. The summed E-state index contributed by atoms with van der Waals surface area (Å²) >= 11 is 0. The molecule has 0 radical (unpaired) electrons. The zero-order valence-corrected chi connectivity index (χ0v) is 9.89. The molecule has 0 bridgehead atoms. The van der Waals surface area contributed by atoms with Crippen molar-refractivity contribution in [3.8, 4) is 11.5 Å². The number of nitrogens with two attached hydrogens (primary N) is 1. The second-order valence-corrected chi connectivity index (χ2v) is 3.98. The molecule has 5 heteroatoms. The first-order chi connectivity index (χ1) is 8.29. The topological polar surface area (TPSA) is 77.8 Å². The molecule has 0 atom stereocenters. The Morgan fingerprint density at radius 1 is 1.35 bits per heavy atom. The first-order valence-electron chi connectivity index (χ1n) is 5.75. The monoisotopic (exact) mass is 232 g/mol. The van der Waals surface area contributed by atoms with Gasteiger partial charge >= 0.3 is 0 Å². The van der Waals surface area contributed by atoms with Crippen LogP contribution >= 0.6 is 0 Å². The van der Waals surface area contributed by atoms with Crippen LogP contribution in [0, 0.1) is 6.92 Å². The summed E-state index contributed by atoms with van der Waals surface area (Å²) < 4.78 is 5.16. The van der Waals surface area contributed by atoms with Crippen molar-refractivity contribution < 1.29 is 4.52 Å². The van der Waals surface area contributed by atoms with E-state index in [0.29, 0.717) is 18.3 Å². The Hall–Kier alpha value is -1.75. The Morgan fingerprint density at radius 3 is 3.00 bits per heavy atom. The van der Waals surface area contributed by atoms with Gasteiger partial charge in [0, 0.05) is 12.6 Å². The van der Waals surface area contributed by atoms with Gasteiger partial charge in [0.25, 0.3) is 0 Å². The summed E-state index contributed by atoms with van der Waals surface area (Å²) in [4.78, 5) is 8.53. The van der Waals surface area contributed by atoms with Crippen molar-refractivity contribution in [1.29, 1.82) is 0 Å². The van der Waals surface area contributed by atoms with Gasteiger partial charge in [0.15, 0.2) is 0 Å². The van der Waals surface area contributed by atoms with E-state index in [0.717, 1.165) is 30.5 Å². The molecule has 2 aromatic rings. The van der Waals surface area contributed by atoms with E-state index in [1.54, 1.807) is 6.20 Å². The lowest BCUT2D eigenvalue weighted by molar-refractivity contribution is 0.375. The van der Waals surface area contributed by atoms with Crippen molar-refractivity contribution in [3.63, 3.8) is 0 Å². The van der Waals surface area contributed by atoms with Crippen LogP contribution < -0.4 is 5.73 Å². The molecule has 0 aliphatic carbocycles. The van der Waals surface area contributed by atoms with E-state index in [1.165, 1.54) is 0 Å². The number of pyridine rings is 1. The van der Waals surface area contributed by atoms with E-state index in [2.05, 4.69) is 15.1 Å².